The van der Waals surface area contributed by atoms with Crippen LogP contribution in [0.15, 0.2) is 66.7 Å². The van der Waals surface area contributed by atoms with E-state index >= 15 is 0 Å². The summed E-state index contributed by atoms with van der Waals surface area (Å²) in [5.74, 6) is 0.400. The molecule has 0 radical (unpaired) electrons. The molecular formula is C19H21NO3. The maximum absolute atomic E-state index is 11.6. The normalized spacial score (nSPS) is 11.9. The Morgan fingerprint density at radius 2 is 1.83 bits per heavy atom. The van der Waals surface area contributed by atoms with Gasteiger partial charge in [-0.15, -0.1) is 0 Å². The molecule has 0 amide bonds. The number of anilines is 1. The molecule has 0 aliphatic heterocycles. The average Bonchev–Trinajstić information content (AvgIpc) is 2.59. The third-order valence-electron chi connectivity index (χ3n) is 3.28. The summed E-state index contributed by atoms with van der Waals surface area (Å²) in [6, 6.07) is 17.3. The fourth-order valence-corrected chi connectivity index (χ4v) is 2.23. The fraction of sp³-hybridized carbons (Fsp3) is 0.211. The number of carbonyl (C=O) groups excluding carboxylic acids is 1. The van der Waals surface area contributed by atoms with Gasteiger partial charge in [-0.25, -0.2) is 4.79 Å². The van der Waals surface area contributed by atoms with Crippen molar-refractivity contribution >= 4 is 11.7 Å². The predicted octanol–water partition coefficient (Wildman–Crippen LogP) is 3.97. The van der Waals surface area contributed by atoms with Gasteiger partial charge in [-0.05, 0) is 25.1 Å². The van der Waals surface area contributed by atoms with Gasteiger partial charge >= 0.3 is 5.97 Å². The highest BCUT2D eigenvalue weighted by Gasteiger charge is 2.13. The summed E-state index contributed by atoms with van der Waals surface area (Å²) in [6.07, 6.45) is 3.22. The predicted molar refractivity (Wildman–Crippen MR) is 91.6 cm³/mol. The third-order valence-corrected chi connectivity index (χ3v) is 3.28. The molecule has 23 heavy (non-hydrogen) atoms. The molecule has 4 nitrogen and oxygen atoms in total. The van der Waals surface area contributed by atoms with Gasteiger partial charge < -0.3 is 14.8 Å². The molecule has 0 aliphatic rings. The second-order valence-electron chi connectivity index (χ2n) is 4.84. The zero-order valence-electron chi connectivity index (χ0n) is 13.4. The minimum Gasteiger partial charge on any atom is -0.496 e. The quantitative estimate of drug-likeness (QED) is 0.621. The summed E-state index contributed by atoms with van der Waals surface area (Å²) in [5.41, 5.74) is 1.90. The van der Waals surface area contributed by atoms with Crippen LogP contribution in [0.2, 0.25) is 0 Å². The van der Waals surface area contributed by atoms with Gasteiger partial charge in [-0.3, -0.25) is 0 Å². The van der Waals surface area contributed by atoms with E-state index in [1.807, 2.05) is 54.6 Å². The van der Waals surface area contributed by atoms with Crippen LogP contribution in [0.5, 0.6) is 5.75 Å². The van der Waals surface area contributed by atoms with Crippen LogP contribution in [0, 0.1) is 0 Å². The minimum absolute atomic E-state index is 0.210. The molecule has 0 unspecified atom stereocenters. The Labute approximate surface area is 136 Å². The lowest BCUT2D eigenvalue weighted by molar-refractivity contribution is -0.137. The first-order chi connectivity index (χ1) is 11.2. The van der Waals surface area contributed by atoms with Gasteiger partial charge in [0.2, 0.25) is 0 Å². The van der Waals surface area contributed by atoms with E-state index in [0.29, 0.717) is 6.61 Å². The van der Waals surface area contributed by atoms with Gasteiger partial charge in [-0.2, -0.15) is 0 Å². The van der Waals surface area contributed by atoms with E-state index in [1.54, 1.807) is 20.1 Å². The number of nitrogens with one attached hydrogen (secondary N) is 1. The smallest absolute Gasteiger partial charge is 0.330 e. The Morgan fingerprint density at radius 1 is 1.13 bits per heavy atom. The van der Waals surface area contributed by atoms with E-state index in [2.05, 4.69) is 5.32 Å². The van der Waals surface area contributed by atoms with Crippen LogP contribution in [0.4, 0.5) is 5.69 Å². The number of hydrogen-bond donors (Lipinski definition) is 1. The van der Waals surface area contributed by atoms with E-state index < -0.39 is 0 Å². The van der Waals surface area contributed by atoms with E-state index in [1.165, 1.54) is 6.08 Å². The van der Waals surface area contributed by atoms with Crippen molar-refractivity contribution in [3.63, 3.8) is 0 Å². The summed E-state index contributed by atoms with van der Waals surface area (Å²) in [6.45, 7) is 2.14. The maximum atomic E-state index is 11.6. The zero-order valence-corrected chi connectivity index (χ0v) is 13.4. The molecule has 0 spiro atoms. The number of hydrogen-bond acceptors (Lipinski definition) is 4. The molecule has 0 aromatic heterocycles. The van der Waals surface area contributed by atoms with Crippen molar-refractivity contribution in [3.8, 4) is 5.75 Å². The van der Waals surface area contributed by atoms with Crippen molar-refractivity contribution in [1.82, 2.24) is 0 Å². The lowest BCUT2D eigenvalue weighted by atomic mass is 10.0. The molecule has 4 heteroatoms. The van der Waals surface area contributed by atoms with Crippen molar-refractivity contribution in [1.29, 1.82) is 0 Å². The van der Waals surface area contributed by atoms with Gasteiger partial charge in [0.25, 0.3) is 0 Å². The van der Waals surface area contributed by atoms with Gasteiger partial charge in [0.1, 0.15) is 5.75 Å². The number of benzene rings is 2. The van der Waals surface area contributed by atoms with Crippen LogP contribution in [0.25, 0.3) is 0 Å². The van der Waals surface area contributed by atoms with Gasteiger partial charge in [0.05, 0.1) is 19.8 Å². The molecule has 2 aromatic carbocycles. The summed E-state index contributed by atoms with van der Waals surface area (Å²) < 4.78 is 10.4. The number of rotatable bonds is 7. The Balaban J connectivity index is 2.29. The van der Waals surface area contributed by atoms with E-state index in [0.717, 1.165) is 17.0 Å². The first-order valence-corrected chi connectivity index (χ1v) is 7.54. The number of methoxy groups -OCH3 is 1. The molecule has 1 N–H and O–H groups in total. The van der Waals surface area contributed by atoms with Crippen LogP contribution < -0.4 is 10.1 Å². The van der Waals surface area contributed by atoms with Crippen molar-refractivity contribution in [2.75, 3.05) is 19.0 Å². The zero-order chi connectivity index (χ0) is 16.5. The van der Waals surface area contributed by atoms with Crippen LogP contribution in [0.1, 0.15) is 18.5 Å². The summed E-state index contributed by atoms with van der Waals surface area (Å²) in [5, 5.41) is 3.39. The van der Waals surface area contributed by atoms with Crippen molar-refractivity contribution in [2.24, 2.45) is 0 Å². The Kier molecular flexibility index (Phi) is 6.24. The highest BCUT2D eigenvalue weighted by atomic mass is 16.5. The SMILES string of the molecule is CCOC(=O)/C=C/[C@H](Nc1ccccc1)c1ccccc1OC. The number of para-hydroxylation sites is 2. The molecule has 1 atom stereocenters. The summed E-state index contributed by atoms with van der Waals surface area (Å²) in [7, 11) is 1.63. The maximum Gasteiger partial charge on any atom is 0.330 e. The summed E-state index contributed by atoms with van der Waals surface area (Å²) in [4.78, 5) is 11.6. The highest BCUT2D eigenvalue weighted by Crippen LogP contribution is 2.28. The monoisotopic (exact) mass is 311 g/mol. The highest BCUT2D eigenvalue weighted by molar-refractivity contribution is 5.82. The van der Waals surface area contributed by atoms with Gasteiger partial charge in [0.15, 0.2) is 0 Å². The minimum atomic E-state index is -0.359. The van der Waals surface area contributed by atoms with E-state index in [-0.39, 0.29) is 12.0 Å². The fourth-order valence-electron chi connectivity index (χ4n) is 2.23. The Hall–Kier alpha value is -2.75. The summed E-state index contributed by atoms with van der Waals surface area (Å²) >= 11 is 0. The molecule has 2 aromatic rings. The molecule has 0 saturated carbocycles. The second-order valence-corrected chi connectivity index (χ2v) is 4.84. The molecular weight excluding hydrogens is 290 g/mol. The van der Waals surface area contributed by atoms with Crippen LogP contribution in [0.3, 0.4) is 0 Å². The largest absolute Gasteiger partial charge is 0.496 e. The number of esters is 1. The first-order valence-electron chi connectivity index (χ1n) is 7.54. The first kappa shape index (κ1) is 16.6. The van der Waals surface area contributed by atoms with Gasteiger partial charge in [-0.1, -0.05) is 42.5 Å². The molecule has 120 valence electrons. The lowest BCUT2D eigenvalue weighted by Crippen LogP contribution is -2.10. The Morgan fingerprint density at radius 3 is 2.52 bits per heavy atom. The van der Waals surface area contributed by atoms with Crippen molar-refractivity contribution in [2.45, 2.75) is 13.0 Å². The van der Waals surface area contributed by atoms with Crippen LogP contribution >= 0.6 is 0 Å². The van der Waals surface area contributed by atoms with Gasteiger partial charge in [0, 0.05) is 17.3 Å². The Bertz CT molecular complexity index is 653. The second kappa shape index (κ2) is 8.63. The molecule has 0 bridgehead atoms. The molecule has 0 heterocycles. The molecule has 0 fully saturated rings. The van der Waals surface area contributed by atoms with Crippen LogP contribution in [-0.4, -0.2) is 19.7 Å². The number of carbonyl (C=O) groups is 1. The topological polar surface area (TPSA) is 47.6 Å². The number of ether oxygens (including phenoxy) is 2. The molecule has 0 saturated heterocycles. The lowest BCUT2D eigenvalue weighted by Gasteiger charge is -2.19. The van der Waals surface area contributed by atoms with Crippen molar-refractivity contribution < 1.29 is 14.3 Å². The molecule has 2 rings (SSSR count). The van der Waals surface area contributed by atoms with Crippen LogP contribution in [-0.2, 0) is 9.53 Å². The van der Waals surface area contributed by atoms with Crippen molar-refractivity contribution in [3.05, 3.63) is 72.3 Å². The average molecular weight is 311 g/mol. The third kappa shape index (κ3) is 4.88. The van der Waals surface area contributed by atoms with E-state index in [9.17, 15) is 4.79 Å². The van der Waals surface area contributed by atoms with E-state index in [4.69, 9.17) is 9.47 Å². The molecule has 0 aliphatic carbocycles. The standard InChI is InChI=1S/C19H21NO3/c1-3-23-19(21)14-13-17(20-15-9-5-4-6-10-15)16-11-7-8-12-18(16)22-2/h4-14,17,20H,3H2,1-2H3/b14-13+/t17-/m0/s1.